The molecule has 1 rings (SSSR count). The maximum atomic E-state index is 12.5. The molecule has 0 aliphatic heterocycles. The van der Waals surface area contributed by atoms with Crippen LogP contribution in [0.25, 0.3) is 0 Å². The number of carboxylic acid groups (broad SMARTS) is 1. The number of rotatable bonds is 4. The van der Waals surface area contributed by atoms with Gasteiger partial charge in [0, 0.05) is 5.56 Å². The van der Waals surface area contributed by atoms with E-state index in [-0.39, 0.29) is 9.26 Å². The lowest BCUT2D eigenvalue weighted by Crippen LogP contribution is -2.20. The number of hydrogen-bond acceptors (Lipinski definition) is 3. The van der Waals surface area contributed by atoms with Gasteiger partial charge in [0.2, 0.25) is 0 Å². The van der Waals surface area contributed by atoms with Crippen molar-refractivity contribution in [3.8, 4) is 5.75 Å². The quantitative estimate of drug-likeness (QED) is 0.497. The Hall–Kier alpha value is -1.13. The summed E-state index contributed by atoms with van der Waals surface area (Å²) < 4.78 is 52.5. The predicted molar refractivity (Wildman–Crippen MR) is 59.8 cm³/mol. The normalized spacial score (nSPS) is 11.4. The molecule has 0 fully saturated rings. The third-order valence-corrected chi connectivity index (χ3v) is 2.71. The molecule has 1 heterocycles. The van der Waals surface area contributed by atoms with Crippen LogP contribution in [0.2, 0.25) is 0 Å². The molecule has 0 saturated carbocycles. The first kappa shape index (κ1) is 14.9. The van der Waals surface area contributed by atoms with Crippen molar-refractivity contribution in [2.75, 3.05) is 0 Å². The summed E-state index contributed by atoms with van der Waals surface area (Å²) in [4.78, 5) is 14.1. The maximum Gasteiger partial charge on any atom is 0.573 e. The highest BCUT2D eigenvalue weighted by Gasteiger charge is 2.33. The molecule has 9 heteroatoms. The Morgan fingerprint density at radius 1 is 1.50 bits per heavy atom. The zero-order chi connectivity index (χ0) is 13.9. The number of halogens is 5. The highest BCUT2D eigenvalue weighted by Crippen LogP contribution is 2.28. The smallest absolute Gasteiger partial charge is 0.481 e. The van der Waals surface area contributed by atoms with Gasteiger partial charge in [-0.3, -0.25) is 4.79 Å². The zero-order valence-corrected chi connectivity index (χ0v) is 10.7. The van der Waals surface area contributed by atoms with Crippen LogP contribution in [0.15, 0.2) is 6.07 Å². The number of nitrogens with zero attached hydrogens (tertiary/aromatic N) is 1. The van der Waals surface area contributed by atoms with Crippen LogP contribution in [0.3, 0.4) is 0 Å². The monoisotopic (exact) mass is 379 g/mol. The van der Waals surface area contributed by atoms with Crippen molar-refractivity contribution >= 4 is 28.6 Å². The summed E-state index contributed by atoms with van der Waals surface area (Å²) in [6.07, 6.45) is -5.73. The van der Waals surface area contributed by atoms with Crippen molar-refractivity contribution < 1.29 is 32.2 Å². The Kier molecular flexibility index (Phi) is 4.71. The molecule has 0 aliphatic carbocycles. The van der Waals surface area contributed by atoms with E-state index in [1.807, 2.05) is 0 Å². The first-order chi connectivity index (χ1) is 8.23. The van der Waals surface area contributed by atoms with Gasteiger partial charge in [-0.2, -0.15) is 0 Å². The second-order valence-corrected chi connectivity index (χ2v) is 4.16. The lowest BCUT2D eigenvalue weighted by Gasteiger charge is -2.13. The number of carboxylic acids is 1. The number of pyridine rings is 1. The van der Waals surface area contributed by atoms with E-state index >= 15 is 0 Å². The Labute approximate surface area is 112 Å². The molecule has 0 saturated heterocycles. The average molecular weight is 379 g/mol. The van der Waals surface area contributed by atoms with E-state index in [1.54, 1.807) is 22.6 Å². The number of ether oxygens (including phenoxy) is 1. The summed E-state index contributed by atoms with van der Waals surface area (Å²) in [5.41, 5.74) is -0.495. The third kappa shape index (κ3) is 4.27. The molecule has 18 heavy (non-hydrogen) atoms. The van der Waals surface area contributed by atoms with Crippen molar-refractivity contribution in [3.63, 3.8) is 0 Å². The van der Waals surface area contributed by atoms with Gasteiger partial charge in [-0.1, -0.05) is 0 Å². The van der Waals surface area contributed by atoms with E-state index in [0.717, 1.165) is 6.07 Å². The van der Waals surface area contributed by atoms with Gasteiger partial charge in [-0.25, -0.2) is 9.37 Å². The standard InChI is InChI=1S/C9H6F4INO3/c10-3-4-1-6(18-9(11,12)13)5(2-7(16)17)15-8(4)14/h1H,2-3H2,(H,16,17). The average Bonchev–Trinajstić information content (AvgIpc) is 2.19. The fourth-order valence-electron chi connectivity index (χ4n) is 1.12. The topological polar surface area (TPSA) is 59.4 Å². The van der Waals surface area contributed by atoms with Gasteiger partial charge in [0.25, 0.3) is 0 Å². The number of alkyl halides is 4. The van der Waals surface area contributed by atoms with Crippen LogP contribution in [0, 0.1) is 3.70 Å². The Balaban J connectivity index is 3.21. The van der Waals surface area contributed by atoms with Crippen LogP contribution in [-0.4, -0.2) is 22.4 Å². The summed E-state index contributed by atoms with van der Waals surface area (Å²) in [6, 6.07) is 0.806. The Morgan fingerprint density at radius 3 is 2.56 bits per heavy atom. The molecule has 100 valence electrons. The molecule has 0 amide bonds. The van der Waals surface area contributed by atoms with E-state index in [0.29, 0.717) is 0 Å². The van der Waals surface area contributed by atoms with E-state index in [9.17, 15) is 22.4 Å². The zero-order valence-electron chi connectivity index (χ0n) is 8.59. The molecule has 0 bridgehead atoms. The Bertz CT molecular complexity index is 464. The lowest BCUT2D eigenvalue weighted by atomic mass is 10.2. The van der Waals surface area contributed by atoms with Gasteiger partial charge in [0.15, 0.2) is 5.75 Å². The minimum Gasteiger partial charge on any atom is -0.481 e. The molecule has 0 radical (unpaired) electrons. The van der Waals surface area contributed by atoms with Crippen molar-refractivity contribution in [1.82, 2.24) is 4.98 Å². The number of hydrogen-bond donors (Lipinski definition) is 1. The minimum atomic E-state index is -4.99. The second kappa shape index (κ2) is 5.67. The molecule has 1 aromatic heterocycles. The summed E-state index contributed by atoms with van der Waals surface area (Å²) in [5, 5.41) is 8.55. The van der Waals surface area contributed by atoms with Crippen LogP contribution in [0.5, 0.6) is 5.75 Å². The van der Waals surface area contributed by atoms with Gasteiger partial charge in [0.05, 0.1) is 12.1 Å². The summed E-state index contributed by atoms with van der Waals surface area (Å²) in [7, 11) is 0. The molecule has 4 nitrogen and oxygen atoms in total. The fourth-order valence-corrected chi connectivity index (χ4v) is 1.71. The molecule has 1 aromatic rings. The first-order valence-electron chi connectivity index (χ1n) is 4.44. The molecule has 0 unspecified atom stereocenters. The SMILES string of the molecule is O=C(O)Cc1nc(I)c(CF)cc1OC(F)(F)F. The number of carbonyl (C=O) groups is 1. The Morgan fingerprint density at radius 2 is 2.11 bits per heavy atom. The molecule has 0 atom stereocenters. The van der Waals surface area contributed by atoms with E-state index in [4.69, 9.17) is 5.11 Å². The predicted octanol–water partition coefficient (Wildman–Crippen LogP) is 2.68. The van der Waals surface area contributed by atoms with E-state index in [1.165, 1.54) is 0 Å². The van der Waals surface area contributed by atoms with Crippen molar-refractivity contribution in [2.24, 2.45) is 0 Å². The van der Waals surface area contributed by atoms with Crippen LogP contribution in [0.1, 0.15) is 11.3 Å². The molecule has 0 aromatic carbocycles. The summed E-state index contributed by atoms with van der Waals surface area (Å²) in [6.45, 7) is -1.02. The summed E-state index contributed by atoms with van der Waals surface area (Å²) >= 11 is 1.61. The summed E-state index contributed by atoms with van der Waals surface area (Å²) in [5.74, 6) is -2.16. The van der Waals surface area contributed by atoms with Gasteiger partial charge >= 0.3 is 12.3 Å². The van der Waals surface area contributed by atoms with Crippen molar-refractivity contribution in [2.45, 2.75) is 19.5 Å². The lowest BCUT2D eigenvalue weighted by molar-refractivity contribution is -0.275. The van der Waals surface area contributed by atoms with Gasteiger partial charge in [-0.05, 0) is 28.7 Å². The van der Waals surface area contributed by atoms with Crippen LogP contribution >= 0.6 is 22.6 Å². The highest BCUT2D eigenvalue weighted by molar-refractivity contribution is 14.1. The molecular formula is C9H6F4INO3. The first-order valence-corrected chi connectivity index (χ1v) is 5.52. The maximum absolute atomic E-state index is 12.5. The molecule has 1 N–H and O–H groups in total. The number of aliphatic carboxylic acids is 1. The van der Waals surface area contributed by atoms with Crippen molar-refractivity contribution in [3.05, 3.63) is 21.0 Å². The highest BCUT2D eigenvalue weighted by atomic mass is 127. The number of aromatic nitrogens is 1. The van der Waals surface area contributed by atoms with Gasteiger partial charge < -0.3 is 9.84 Å². The molecule has 0 spiro atoms. The fraction of sp³-hybridized carbons (Fsp3) is 0.333. The van der Waals surface area contributed by atoms with Crippen molar-refractivity contribution in [1.29, 1.82) is 0 Å². The molecule has 0 aliphatic rings. The second-order valence-electron chi connectivity index (χ2n) is 3.14. The van der Waals surface area contributed by atoms with Crippen LogP contribution < -0.4 is 4.74 Å². The van der Waals surface area contributed by atoms with Gasteiger partial charge in [-0.15, -0.1) is 13.2 Å². The molecular weight excluding hydrogens is 373 g/mol. The third-order valence-electron chi connectivity index (χ3n) is 1.78. The van der Waals surface area contributed by atoms with Crippen LogP contribution in [0.4, 0.5) is 17.6 Å². The van der Waals surface area contributed by atoms with E-state index in [2.05, 4.69) is 9.72 Å². The van der Waals surface area contributed by atoms with E-state index < -0.39 is 36.9 Å². The van der Waals surface area contributed by atoms with Crippen LogP contribution in [-0.2, 0) is 17.9 Å². The largest absolute Gasteiger partial charge is 0.573 e. The minimum absolute atomic E-state index is 0.0935. The van der Waals surface area contributed by atoms with Gasteiger partial charge in [0.1, 0.15) is 10.4 Å².